The van der Waals surface area contributed by atoms with Crippen molar-refractivity contribution in [3.05, 3.63) is 12.2 Å². The minimum Gasteiger partial charge on any atom is -0.481 e. The highest BCUT2D eigenvalue weighted by atomic mass is 16.4. The Kier molecular flexibility index (Phi) is 5.37. The van der Waals surface area contributed by atoms with Crippen LogP contribution in [-0.4, -0.2) is 35.0 Å². The Morgan fingerprint density at radius 2 is 2.00 bits per heavy atom. The normalized spacial score (nSPS) is 22.2. The number of carbonyl (C=O) groups is 2. The lowest BCUT2D eigenvalue weighted by molar-refractivity contribution is -0.150. The maximum absolute atomic E-state index is 12.3. The summed E-state index contributed by atoms with van der Waals surface area (Å²) in [5.41, 5.74) is 0. The number of hydrogen-bond acceptors (Lipinski definition) is 3. The van der Waals surface area contributed by atoms with E-state index in [1.807, 2.05) is 25.1 Å². The van der Waals surface area contributed by atoms with Gasteiger partial charge in [0.25, 0.3) is 0 Å². The van der Waals surface area contributed by atoms with Gasteiger partial charge in [-0.3, -0.25) is 9.59 Å². The Morgan fingerprint density at radius 1 is 1.39 bits per heavy atom. The molecule has 0 aliphatic heterocycles. The van der Waals surface area contributed by atoms with E-state index in [1.54, 1.807) is 4.90 Å². The van der Waals surface area contributed by atoms with E-state index in [2.05, 4.69) is 0 Å². The third kappa shape index (κ3) is 3.33. The summed E-state index contributed by atoms with van der Waals surface area (Å²) >= 11 is 0. The number of nitrogens with zero attached hydrogens (tertiary/aromatic N) is 2. The lowest BCUT2D eigenvalue weighted by Crippen LogP contribution is -2.42. The van der Waals surface area contributed by atoms with Crippen LogP contribution in [0.5, 0.6) is 0 Å². The highest BCUT2D eigenvalue weighted by Gasteiger charge is 2.35. The number of amides is 1. The van der Waals surface area contributed by atoms with Gasteiger partial charge in [-0.05, 0) is 19.8 Å². The maximum Gasteiger partial charge on any atom is 0.307 e. The Morgan fingerprint density at radius 3 is 2.50 bits per heavy atom. The van der Waals surface area contributed by atoms with Crippen LogP contribution in [0.4, 0.5) is 0 Å². The molecule has 2 atom stereocenters. The molecule has 1 amide bonds. The summed E-state index contributed by atoms with van der Waals surface area (Å²) in [7, 11) is 0. The molecule has 5 heteroatoms. The second-order valence-electron chi connectivity index (χ2n) is 4.32. The van der Waals surface area contributed by atoms with Gasteiger partial charge >= 0.3 is 5.97 Å². The molecular formula is C13H18N2O3. The molecule has 0 aromatic heterocycles. The van der Waals surface area contributed by atoms with Crippen molar-refractivity contribution in [1.29, 1.82) is 5.26 Å². The SMILES string of the molecule is CCN(CCC#N)C(=O)C1CC=CCC1C(=O)O. The Hall–Kier alpha value is -1.83. The van der Waals surface area contributed by atoms with Gasteiger partial charge in [-0.1, -0.05) is 12.2 Å². The van der Waals surface area contributed by atoms with Crippen LogP contribution in [0.15, 0.2) is 12.2 Å². The molecule has 1 N–H and O–H groups in total. The van der Waals surface area contributed by atoms with Crippen molar-refractivity contribution in [3.63, 3.8) is 0 Å². The highest BCUT2D eigenvalue weighted by molar-refractivity contribution is 5.85. The zero-order valence-corrected chi connectivity index (χ0v) is 10.5. The molecule has 0 saturated heterocycles. The number of hydrogen-bond donors (Lipinski definition) is 1. The lowest BCUT2D eigenvalue weighted by atomic mass is 9.82. The van der Waals surface area contributed by atoms with E-state index in [9.17, 15) is 9.59 Å². The zero-order valence-electron chi connectivity index (χ0n) is 10.5. The van der Waals surface area contributed by atoms with Crippen LogP contribution in [0.1, 0.15) is 26.2 Å². The van der Waals surface area contributed by atoms with Gasteiger partial charge in [-0.15, -0.1) is 0 Å². The molecule has 2 unspecified atom stereocenters. The summed E-state index contributed by atoms with van der Waals surface area (Å²) in [6, 6.07) is 2.00. The van der Waals surface area contributed by atoms with Gasteiger partial charge in [-0.25, -0.2) is 0 Å². The number of allylic oxidation sites excluding steroid dienone is 2. The van der Waals surface area contributed by atoms with E-state index in [0.717, 1.165) is 0 Å². The first-order valence-electron chi connectivity index (χ1n) is 6.15. The van der Waals surface area contributed by atoms with Crippen LogP contribution in [0.2, 0.25) is 0 Å². The molecule has 1 rings (SSSR count). The molecule has 1 aliphatic carbocycles. The number of carbonyl (C=O) groups excluding carboxylic acids is 1. The van der Waals surface area contributed by atoms with Crippen LogP contribution in [0.3, 0.4) is 0 Å². The van der Waals surface area contributed by atoms with E-state index >= 15 is 0 Å². The molecule has 0 heterocycles. The smallest absolute Gasteiger partial charge is 0.307 e. The largest absolute Gasteiger partial charge is 0.481 e. The van der Waals surface area contributed by atoms with Gasteiger partial charge in [0.1, 0.15) is 0 Å². The van der Waals surface area contributed by atoms with E-state index in [0.29, 0.717) is 25.9 Å². The number of aliphatic carboxylic acids is 1. The van der Waals surface area contributed by atoms with E-state index < -0.39 is 17.8 Å². The van der Waals surface area contributed by atoms with Gasteiger partial charge in [0.05, 0.1) is 24.3 Å². The van der Waals surface area contributed by atoms with Crippen molar-refractivity contribution in [2.75, 3.05) is 13.1 Å². The molecule has 0 fully saturated rings. The fourth-order valence-electron chi connectivity index (χ4n) is 2.20. The average Bonchev–Trinajstić information content (AvgIpc) is 2.39. The first kappa shape index (κ1) is 14.2. The molecule has 1 aliphatic rings. The summed E-state index contributed by atoms with van der Waals surface area (Å²) in [4.78, 5) is 25.0. The van der Waals surface area contributed by atoms with Crippen molar-refractivity contribution in [1.82, 2.24) is 4.90 Å². The molecule has 18 heavy (non-hydrogen) atoms. The van der Waals surface area contributed by atoms with Crippen molar-refractivity contribution in [2.24, 2.45) is 11.8 Å². The molecule has 0 spiro atoms. The predicted octanol–water partition coefficient (Wildman–Crippen LogP) is 1.42. The minimum absolute atomic E-state index is 0.149. The Bertz CT molecular complexity index is 384. The molecule has 0 saturated carbocycles. The summed E-state index contributed by atoms with van der Waals surface area (Å²) in [5.74, 6) is -2.21. The molecular weight excluding hydrogens is 232 g/mol. The zero-order chi connectivity index (χ0) is 13.5. The molecule has 0 aromatic rings. The summed E-state index contributed by atoms with van der Waals surface area (Å²) in [6.07, 6.45) is 4.83. The van der Waals surface area contributed by atoms with Crippen LogP contribution in [0, 0.1) is 23.2 Å². The summed E-state index contributed by atoms with van der Waals surface area (Å²) in [5, 5.41) is 17.7. The van der Waals surface area contributed by atoms with Gasteiger partial charge in [-0.2, -0.15) is 5.26 Å². The quantitative estimate of drug-likeness (QED) is 0.748. The second-order valence-corrected chi connectivity index (χ2v) is 4.32. The van der Waals surface area contributed by atoms with E-state index in [4.69, 9.17) is 10.4 Å². The first-order chi connectivity index (χ1) is 8.61. The number of rotatable bonds is 5. The van der Waals surface area contributed by atoms with Gasteiger partial charge in [0, 0.05) is 13.1 Å². The summed E-state index contributed by atoms with van der Waals surface area (Å²) < 4.78 is 0. The fourth-order valence-corrected chi connectivity index (χ4v) is 2.20. The van der Waals surface area contributed by atoms with Crippen LogP contribution in [0.25, 0.3) is 0 Å². The Labute approximate surface area is 107 Å². The standard InChI is InChI=1S/C13H18N2O3/c1-2-15(9-5-8-14)12(16)10-6-3-4-7-11(10)13(17)18/h3-4,10-11H,2,5-7,9H2,1H3,(H,17,18). The van der Waals surface area contributed by atoms with Gasteiger partial charge < -0.3 is 10.0 Å². The van der Waals surface area contributed by atoms with Crippen LogP contribution < -0.4 is 0 Å². The van der Waals surface area contributed by atoms with E-state index in [-0.39, 0.29) is 12.3 Å². The molecule has 0 radical (unpaired) electrons. The Balaban J connectivity index is 2.76. The third-order valence-electron chi connectivity index (χ3n) is 3.25. The van der Waals surface area contributed by atoms with Crippen molar-refractivity contribution < 1.29 is 14.7 Å². The van der Waals surface area contributed by atoms with E-state index in [1.165, 1.54) is 0 Å². The molecule has 98 valence electrons. The first-order valence-corrected chi connectivity index (χ1v) is 6.15. The van der Waals surface area contributed by atoms with Crippen molar-refractivity contribution in [2.45, 2.75) is 26.2 Å². The van der Waals surface area contributed by atoms with Crippen molar-refractivity contribution in [3.8, 4) is 6.07 Å². The summed E-state index contributed by atoms with van der Waals surface area (Å²) in [6.45, 7) is 2.72. The number of carboxylic acid groups (broad SMARTS) is 1. The predicted molar refractivity (Wildman–Crippen MR) is 65.5 cm³/mol. The monoisotopic (exact) mass is 250 g/mol. The third-order valence-corrected chi connectivity index (χ3v) is 3.25. The second kappa shape index (κ2) is 6.80. The van der Waals surface area contributed by atoms with Crippen molar-refractivity contribution >= 4 is 11.9 Å². The topological polar surface area (TPSA) is 81.4 Å². The van der Waals surface area contributed by atoms with Crippen LogP contribution >= 0.6 is 0 Å². The minimum atomic E-state index is -0.922. The number of nitriles is 1. The average molecular weight is 250 g/mol. The van der Waals surface area contributed by atoms with Crippen LogP contribution in [-0.2, 0) is 9.59 Å². The lowest BCUT2D eigenvalue weighted by Gasteiger charge is -2.30. The molecule has 5 nitrogen and oxygen atoms in total. The maximum atomic E-state index is 12.3. The van der Waals surface area contributed by atoms with Gasteiger partial charge in [0.2, 0.25) is 5.91 Å². The molecule has 0 bridgehead atoms. The highest BCUT2D eigenvalue weighted by Crippen LogP contribution is 2.27. The number of carboxylic acids is 1. The molecule has 0 aromatic carbocycles. The fraction of sp³-hybridized carbons (Fsp3) is 0.615. The van der Waals surface area contributed by atoms with Gasteiger partial charge in [0.15, 0.2) is 0 Å².